The number of amides is 1. The minimum absolute atomic E-state index is 0.0134. The quantitative estimate of drug-likeness (QED) is 0.162. The number of imidazole rings is 1. The monoisotopic (exact) mass is 667 g/mol. The van der Waals surface area contributed by atoms with Crippen molar-refractivity contribution in [3.8, 4) is 11.3 Å². The van der Waals surface area contributed by atoms with Crippen LogP contribution in [0, 0.1) is 0 Å². The van der Waals surface area contributed by atoms with E-state index in [0.29, 0.717) is 28.3 Å². The van der Waals surface area contributed by atoms with E-state index in [0.717, 1.165) is 12.7 Å². The Morgan fingerprint density at radius 2 is 1.81 bits per heavy atom. The second kappa shape index (κ2) is 18.6. The summed E-state index contributed by atoms with van der Waals surface area (Å²) < 4.78 is 68.0. The highest BCUT2D eigenvalue weighted by atomic mass is 19.4. The third kappa shape index (κ3) is 11.4. The van der Waals surface area contributed by atoms with Gasteiger partial charge in [0.1, 0.15) is 12.8 Å². The summed E-state index contributed by atoms with van der Waals surface area (Å²) in [5.74, 6) is -0.236. The van der Waals surface area contributed by atoms with Gasteiger partial charge in [0.25, 0.3) is 12.3 Å². The van der Waals surface area contributed by atoms with Crippen molar-refractivity contribution in [2.24, 2.45) is 5.73 Å². The summed E-state index contributed by atoms with van der Waals surface area (Å²) in [5, 5.41) is 8.68. The van der Waals surface area contributed by atoms with E-state index in [-0.39, 0.29) is 23.7 Å². The van der Waals surface area contributed by atoms with E-state index in [9.17, 15) is 31.5 Å². The van der Waals surface area contributed by atoms with Crippen LogP contribution in [0.25, 0.3) is 16.9 Å². The number of likely N-dealkylation sites (N-methyl/N-ethyl adjacent to an activating group) is 1. The highest BCUT2D eigenvalue weighted by molar-refractivity contribution is 5.95. The molecule has 0 radical (unpaired) electrons. The molecule has 258 valence electrons. The average Bonchev–Trinajstić information content (AvgIpc) is 3.76. The number of carbonyl (C=O) groups excluding carboxylic acids is 2. The number of benzene rings is 1. The Hall–Kier alpha value is -4.44. The van der Waals surface area contributed by atoms with Gasteiger partial charge in [-0.2, -0.15) is 18.3 Å². The Morgan fingerprint density at radius 3 is 2.32 bits per heavy atom. The first kappa shape index (κ1) is 38.7. The van der Waals surface area contributed by atoms with Crippen LogP contribution < -0.4 is 16.4 Å². The lowest BCUT2D eigenvalue weighted by atomic mass is 10.2. The van der Waals surface area contributed by atoms with Crippen LogP contribution in [-0.4, -0.2) is 80.4 Å². The number of carbonyl (C=O) groups is 2. The second-order valence-corrected chi connectivity index (χ2v) is 10.2. The number of aldehydes is 1. The molecule has 1 aromatic carbocycles. The molecule has 4 heterocycles. The van der Waals surface area contributed by atoms with Crippen LogP contribution in [0.5, 0.6) is 0 Å². The Kier molecular flexibility index (Phi) is 15.4. The number of halogens is 5. The molecule has 1 amide bonds. The number of alkyl halides is 5. The molecular weight excluding hydrogens is 625 g/mol. The number of aromatic nitrogens is 5. The van der Waals surface area contributed by atoms with Crippen molar-refractivity contribution in [1.82, 2.24) is 34.4 Å². The van der Waals surface area contributed by atoms with Gasteiger partial charge in [-0.15, -0.1) is 0 Å². The third-order valence-electron chi connectivity index (χ3n) is 6.24. The molecule has 1 fully saturated rings. The summed E-state index contributed by atoms with van der Waals surface area (Å²) in [7, 11) is 2.10. The molecule has 3 aromatic heterocycles. The van der Waals surface area contributed by atoms with E-state index in [2.05, 4.69) is 51.5 Å². The van der Waals surface area contributed by atoms with Gasteiger partial charge in [0.2, 0.25) is 0 Å². The number of fused-ring (bicyclic) bond motifs is 1. The van der Waals surface area contributed by atoms with Crippen LogP contribution in [-0.2, 0) is 17.5 Å². The van der Waals surface area contributed by atoms with E-state index in [1.54, 1.807) is 12.1 Å². The third-order valence-corrected chi connectivity index (χ3v) is 6.24. The molecule has 0 saturated carbocycles. The first-order valence-electron chi connectivity index (χ1n) is 15.2. The van der Waals surface area contributed by atoms with Crippen molar-refractivity contribution in [3.63, 3.8) is 0 Å². The average molecular weight is 668 g/mol. The van der Waals surface area contributed by atoms with Gasteiger partial charge in [0.15, 0.2) is 17.2 Å². The van der Waals surface area contributed by atoms with E-state index in [1.165, 1.54) is 54.5 Å². The fraction of sp³-hybridized carbons (Fsp3) is 0.452. The van der Waals surface area contributed by atoms with Gasteiger partial charge in [-0.25, -0.2) is 18.7 Å². The van der Waals surface area contributed by atoms with Crippen LogP contribution in [0.15, 0.2) is 49.1 Å². The summed E-state index contributed by atoms with van der Waals surface area (Å²) in [6, 6.07) is 6.60. The van der Waals surface area contributed by atoms with Crippen molar-refractivity contribution in [2.75, 3.05) is 32.0 Å². The standard InChI is InChI=1S/C21H16F5N7O2.C5H12N2.C3H8.C2H6/c22-16(23)11-32-10-14(17(31-32)21(24,25)26)15-9-29-19-18(27-5-7-33(15)19)30-13-3-1-12(2-4-13)20(35)28-6-8-34;1-7-3-2-5(6)4-7;1-3-2;1-2/h1-5,7-10,16H,6,11H2,(H,27,30)(H,28,35);5H,2-4,6H2,1H3;3H2,1-2H3;1-2H3. The molecular formula is C31H42F5N9O2. The van der Waals surface area contributed by atoms with Crippen molar-refractivity contribution < 1.29 is 31.5 Å². The summed E-state index contributed by atoms with van der Waals surface area (Å²) >= 11 is 0. The molecule has 0 bridgehead atoms. The van der Waals surface area contributed by atoms with Crippen LogP contribution in [0.1, 0.15) is 56.6 Å². The number of anilines is 2. The lowest BCUT2D eigenvalue weighted by Gasteiger charge is -2.09. The topological polar surface area (TPSA) is 135 Å². The molecule has 0 spiro atoms. The molecule has 1 unspecified atom stereocenters. The number of hydrogen-bond acceptors (Lipinski definition) is 8. The van der Waals surface area contributed by atoms with Crippen LogP contribution in [0.2, 0.25) is 0 Å². The van der Waals surface area contributed by atoms with E-state index in [4.69, 9.17) is 5.73 Å². The van der Waals surface area contributed by atoms with Crippen LogP contribution in [0.4, 0.5) is 33.5 Å². The molecule has 5 rings (SSSR count). The highest BCUT2D eigenvalue weighted by Gasteiger charge is 2.38. The van der Waals surface area contributed by atoms with Crippen LogP contribution >= 0.6 is 0 Å². The maximum atomic E-state index is 13.6. The Labute approximate surface area is 270 Å². The lowest BCUT2D eigenvalue weighted by molar-refractivity contribution is -0.141. The fourth-order valence-corrected chi connectivity index (χ4v) is 4.31. The number of nitrogens with zero attached hydrogens (tertiary/aromatic N) is 6. The van der Waals surface area contributed by atoms with Gasteiger partial charge < -0.3 is 26.1 Å². The summed E-state index contributed by atoms with van der Waals surface area (Å²) in [5.41, 5.74) is 4.84. The molecule has 1 aliphatic rings. The summed E-state index contributed by atoms with van der Waals surface area (Å²) in [6.07, 6.45) is 0.0140. The lowest BCUT2D eigenvalue weighted by Crippen LogP contribution is -2.24. The second-order valence-electron chi connectivity index (χ2n) is 10.2. The molecule has 11 nitrogen and oxygen atoms in total. The Balaban J connectivity index is 0.000000545. The number of rotatable bonds is 8. The zero-order valence-corrected chi connectivity index (χ0v) is 27.1. The van der Waals surface area contributed by atoms with E-state index < -0.39 is 36.3 Å². The van der Waals surface area contributed by atoms with Crippen LogP contribution in [0.3, 0.4) is 0 Å². The number of nitrogens with two attached hydrogens (primary N) is 1. The Morgan fingerprint density at radius 1 is 1.15 bits per heavy atom. The molecule has 4 N–H and O–H groups in total. The van der Waals surface area contributed by atoms with Crippen molar-refractivity contribution >= 4 is 29.3 Å². The van der Waals surface area contributed by atoms with Gasteiger partial charge >= 0.3 is 6.18 Å². The molecule has 1 atom stereocenters. The fourth-order valence-electron chi connectivity index (χ4n) is 4.31. The number of nitrogens with one attached hydrogen (secondary N) is 2. The predicted molar refractivity (Wildman–Crippen MR) is 171 cm³/mol. The smallest absolute Gasteiger partial charge is 0.345 e. The molecule has 1 saturated heterocycles. The van der Waals surface area contributed by atoms with Gasteiger partial charge in [-0.3, -0.25) is 13.9 Å². The number of likely N-dealkylation sites (tertiary alicyclic amines) is 1. The first-order valence-corrected chi connectivity index (χ1v) is 15.2. The number of hydrogen-bond donors (Lipinski definition) is 3. The largest absolute Gasteiger partial charge is 0.435 e. The maximum Gasteiger partial charge on any atom is 0.435 e. The van der Waals surface area contributed by atoms with Gasteiger partial charge in [-0.1, -0.05) is 34.1 Å². The minimum atomic E-state index is -4.87. The van der Waals surface area contributed by atoms with Crippen molar-refractivity contribution in [2.45, 2.75) is 65.7 Å². The van der Waals surface area contributed by atoms with E-state index >= 15 is 0 Å². The molecule has 47 heavy (non-hydrogen) atoms. The molecule has 16 heteroatoms. The molecule has 1 aliphatic heterocycles. The first-order chi connectivity index (χ1) is 22.4. The SMILES string of the molecule is CC.CCC.CN1CCC(N)C1.O=CCNC(=O)c1ccc(Nc2nccn3c(-c4cn(CC(F)F)nc4C(F)(F)F)cnc23)cc1. The summed E-state index contributed by atoms with van der Waals surface area (Å²) in [4.78, 5) is 32.9. The van der Waals surface area contributed by atoms with Gasteiger partial charge in [-0.05, 0) is 44.3 Å². The van der Waals surface area contributed by atoms with Crippen molar-refractivity contribution in [1.29, 1.82) is 0 Å². The zero-order chi connectivity index (χ0) is 35.1. The van der Waals surface area contributed by atoms with Gasteiger partial charge in [0, 0.05) is 42.4 Å². The van der Waals surface area contributed by atoms with E-state index in [1.807, 2.05) is 13.8 Å². The normalized spacial score (nSPS) is 14.3. The van der Waals surface area contributed by atoms with Crippen molar-refractivity contribution in [3.05, 3.63) is 60.3 Å². The molecule has 4 aromatic rings. The highest BCUT2D eigenvalue weighted by Crippen LogP contribution is 2.37. The minimum Gasteiger partial charge on any atom is -0.345 e. The maximum absolute atomic E-state index is 13.6. The predicted octanol–water partition coefficient (Wildman–Crippen LogP) is 5.64. The van der Waals surface area contributed by atoms with Gasteiger partial charge in [0.05, 0.1) is 24.0 Å². The summed E-state index contributed by atoms with van der Waals surface area (Å²) in [6.45, 7) is 9.41. The molecule has 0 aliphatic carbocycles. The Bertz CT molecular complexity index is 1530. The zero-order valence-electron chi connectivity index (χ0n) is 27.1.